The third-order valence-corrected chi connectivity index (χ3v) is 7.80. The number of aliphatic hydroxyl groups excluding tert-OH is 1. The molecule has 0 saturated carbocycles. The van der Waals surface area contributed by atoms with Gasteiger partial charge in [0.25, 0.3) is 12.2 Å². The van der Waals surface area contributed by atoms with Crippen LogP contribution in [0.25, 0.3) is 10.4 Å². The monoisotopic (exact) mass is 437 g/mol. The van der Waals surface area contributed by atoms with E-state index in [1.807, 2.05) is 17.6 Å². The lowest BCUT2D eigenvalue weighted by Gasteiger charge is -2.44. The average Bonchev–Trinajstić information content (AvgIpc) is 3.23. The standard InChI is InChI=1S/C18H20N4O5S2/c1-7-14(29-17-16(28-3)20(5-11(19)24)6-21(7)17)9-4-10-12(8(2)23)15(25)22(10)13(9)18(26)27/h6,8,10,12,23H,4-5H2,1-3H3,(H2-,19,24,26,27)/p+1/t8-,10-,12-/m1/s1. The maximum Gasteiger partial charge on any atom is 0.352 e. The van der Waals surface area contributed by atoms with Crippen molar-refractivity contribution < 1.29 is 29.2 Å². The Labute approximate surface area is 174 Å². The Bertz CT molecular complexity index is 1100. The fourth-order valence-corrected chi connectivity index (χ4v) is 6.54. The molecule has 4 N–H and O–H groups in total. The molecule has 0 aromatic carbocycles. The second kappa shape index (κ2) is 6.85. The number of nitrogens with zero attached hydrogens (tertiary/aromatic N) is 3. The van der Waals surface area contributed by atoms with Crippen molar-refractivity contribution in [3.05, 3.63) is 22.6 Å². The van der Waals surface area contributed by atoms with Crippen LogP contribution < -0.4 is 10.3 Å². The number of thiazole rings is 1. The van der Waals surface area contributed by atoms with Gasteiger partial charge in [0.2, 0.25) is 15.8 Å². The van der Waals surface area contributed by atoms with Crippen molar-refractivity contribution in [1.82, 2.24) is 9.30 Å². The van der Waals surface area contributed by atoms with Gasteiger partial charge in [0.15, 0.2) is 6.54 Å². The minimum atomic E-state index is -1.15. The zero-order valence-corrected chi connectivity index (χ0v) is 17.7. The zero-order chi connectivity index (χ0) is 21.2. The number of primary amides is 1. The Hall–Kier alpha value is -2.37. The normalized spacial score (nSPS) is 22.2. The zero-order valence-electron chi connectivity index (χ0n) is 16.1. The summed E-state index contributed by atoms with van der Waals surface area (Å²) in [5.74, 6) is -2.51. The predicted octanol–water partition coefficient (Wildman–Crippen LogP) is 0.211. The van der Waals surface area contributed by atoms with Crippen molar-refractivity contribution in [2.75, 3.05) is 6.26 Å². The molecule has 1 saturated heterocycles. The third kappa shape index (κ3) is 2.79. The molecule has 9 nitrogen and oxygen atoms in total. The average molecular weight is 438 g/mol. The van der Waals surface area contributed by atoms with Gasteiger partial charge >= 0.3 is 5.97 Å². The highest BCUT2D eigenvalue weighted by atomic mass is 32.2. The van der Waals surface area contributed by atoms with E-state index in [1.165, 1.54) is 28.0 Å². The summed E-state index contributed by atoms with van der Waals surface area (Å²) in [6.07, 6.45) is 3.25. The van der Waals surface area contributed by atoms with Crippen LogP contribution in [0.2, 0.25) is 0 Å². The fourth-order valence-electron chi connectivity index (χ4n) is 4.32. The quantitative estimate of drug-likeness (QED) is 0.337. The highest BCUT2D eigenvalue weighted by Gasteiger charge is 2.57. The van der Waals surface area contributed by atoms with Crippen molar-refractivity contribution in [3.63, 3.8) is 0 Å². The number of carbonyl (C=O) groups is 3. The molecule has 2 amide bonds. The van der Waals surface area contributed by atoms with E-state index >= 15 is 0 Å². The molecular weight excluding hydrogens is 416 g/mol. The first-order valence-electron chi connectivity index (χ1n) is 9.01. The van der Waals surface area contributed by atoms with Crippen LogP contribution in [0.5, 0.6) is 0 Å². The molecule has 0 spiro atoms. The van der Waals surface area contributed by atoms with Gasteiger partial charge in [-0.25, -0.2) is 9.36 Å². The maximum absolute atomic E-state index is 12.4. The number of hydrogen-bond acceptors (Lipinski definition) is 6. The van der Waals surface area contributed by atoms with Crippen LogP contribution in [0.4, 0.5) is 0 Å². The number of aliphatic carboxylic acids is 1. The molecule has 11 heteroatoms. The summed E-state index contributed by atoms with van der Waals surface area (Å²) in [5, 5.41) is 20.6. The van der Waals surface area contributed by atoms with Crippen LogP contribution >= 0.6 is 23.1 Å². The van der Waals surface area contributed by atoms with Crippen molar-refractivity contribution in [3.8, 4) is 0 Å². The number of carboxylic acid groups (broad SMARTS) is 1. The highest BCUT2D eigenvalue weighted by Crippen LogP contribution is 2.49. The molecule has 4 heterocycles. The molecule has 2 aliphatic rings. The van der Waals surface area contributed by atoms with Gasteiger partial charge in [-0.05, 0) is 26.5 Å². The molecule has 1 fully saturated rings. The molecule has 29 heavy (non-hydrogen) atoms. The number of rotatable bonds is 6. The molecule has 0 unspecified atom stereocenters. The lowest BCUT2D eigenvalue weighted by molar-refractivity contribution is -0.717. The van der Waals surface area contributed by atoms with Crippen LogP contribution in [0.15, 0.2) is 17.1 Å². The molecular formula is C18H21N4O5S2+. The van der Waals surface area contributed by atoms with E-state index in [4.69, 9.17) is 5.73 Å². The van der Waals surface area contributed by atoms with Crippen LogP contribution in [-0.2, 0) is 20.9 Å². The number of carboxylic acids is 1. The number of carbonyl (C=O) groups excluding carboxylic acids is 2. The van der Waals surface area contributed by atoms with Crippen LogP contribution in [0.1, 0.15) is 23.9 Å². The summed E-state index contributed by atoms with van der Waals surface area (Å²) in [7, 11) is 0. The molecule has 0 radical (unpaired) electrons. The SMILES string of the molecule is CSc1c2sc(C3=C(C(=O)O)N4C(=O)[C@H]([C@@H](C)O)[C@H]4C3)c(C)n2c[n+]1CC(N)=O. The first-order valence-corrected chi connectivity index (χ1v) is 11.1. The van der Waals surface area contributed by atoms with Gasteiger partial charge in [-0.3, -0.25) is 9.59 Å². The van der Waals surface area contributed by atoms with E-state index in [1.54, 1.807) is 17.8 Å². The van der Waals surface area contributed by atoms with Gasteiger partial charge in [0.05, 0.1) is 22.9 Å². The number of aryl methyl sites for hydroxylation is 1. The number of aromatic nitrogens is 2. The number of imidazole rings is 1. The van der Waals surface area contributed by atoms with Gasteiger partial charge in [0.1, 0.15) is 11.4 Å². The van der Waals surface area contributed by atoms with Gasteiger partial charge in [-0.15, -0.1) is 0 Å². The predicted molar refractivity (Wildman–Crippen MR) is 106 cm³/mol. The topological polar surface area (TPSA) is 129 Å². The Kier molecular flexibility index (Phi) is 4.71. The molecule has 2 aromatic heterocycles. The molecule has 0 aliphatic carbocycles. The third-order valence-electron chi connectivity index (χ3n) is 5.53. The van der Waals surface area contributed by atoms with Gasteiger partial charge in [-0.1, -0.05) is 23.1 Å². The Balaban J connectivity index is 1.83. The van der Waals surface area contributed by atoms with Crippen molar-refractivity contribution in [2.24, 2.45) is 11.7 Å². The Morgan fingerprint density at radius 1 is 1.48 bits per heavy atom. The second-order valence-corrected chi connectivity index (χ2v) is 9.08. The van der Waals surface area contributed by atoms with E-state index in [9.17, 15) is 24.6 Å². The maximum atomic E-state index is 12.4. The van der Waals surface area contributed by atoms with Crippen LogP contribution in [-0.4, -0.2) is 55.7 Å². The summed E-state index contributed by atoms with van der Waals surface area (Å²) >= 11 is 2.91. The molecule has 2 aliphatic heterocycles. The first-order chi connectivity index (χ1) is 13.7. The minimum absolute atomic E-state index is 0.000201. The molecule has 154 valence electrons. The number of amides is 2. The molecule has 3 atom stereocenters. The summed E-state index contributed by atoms with van der Waals surface area (Å²) in [4.78, 5) is 38.8. The Morgan fingerprint density at radius 3 is 2.72 bits per heavy atom. The minimum Gasteiger partial charge on any atom is -0.477 e. The number of hydrogen-bond donors (Lipinski definition) is 3. The van der Waals surface area contributed by atoms with Crippen molar-refractivity contribution in [1.29, 1.82) is 0 Å². The summed E-state index contributed by atoms with van der Waals surface area (Å²) in [6, 6.07) is -0.329. The number of fused-ring (bicyclic) bond motifs is 2. The van der Waals surface area contributed by atoms with E-state index in [0.29, 0.717) is 12.0 Å². The van der Waals surface area contributed by atoms with Gasteiger partial charge in [0, 0.05) is 5.57 Å². The highest BCUT2D eigenvalue weighted by molar-refractivity contribution is 7.98. The summed E-state index contributed by atoms with van der Waals surface area (Å²) in [5.41, 5.74) is 6.78. The van der Waals surface area contributed by atoms with Crippen molar-refractivity contribution >= 4 is 51.3 Å². The van der Waals surface area contributed by atoms with Crippen LogP contribution in [0, 0.1) is 12.8 Å². The van der Waals surface area contributed by atoms with Crippen LogP contribution in [0.3, 0.4) is 0 Å². The number of thioether (sulfide) groups is 1. The molecule has 2 aromatic rings. The first kappa shape index (κ1) is 19.9. The Morgan fingerprint density at radius 2 is 2.17 bits per heavy atom. The van der Waals surface area contributed by atoms with E-state index in [0.717, 1.165) is 20.4 Å². The smallest absolute Gasteiger partial charge is 0.352 e. The van der Waals surface area contributed by atoms with Gasteiger partial charge in [-0.2, -0.15) is 4.40 Å². The molecule has 4 rings (SSSR count). The second-order valence-electron chi connectivity index (χ2n) is 7.29. The van der Waals surface area contributed by atoms with Crippen molar-refractivity contribution in [2.45, 2.75) is 44.0 Å². The number of β-lactam (4-membered cyclic amide) rings is 1. The fraction of sp³-hybridized carbons (Fsp3) is 0.444. The summed E-state index contributed by atoms with van der Waals surface area (Å²) < 4.78 is 3.70. The van der Waals surface area contributed by atoms with E-state index in [2.05, 4.69) is 0 Å². The van der Waals surface area contributed by atoms with E-state index in [-0.39, 0.29) is 24.2 Å². The lowest BCUT2D eigenvalue weighted by atomic mass is 9.83. The molecule has 0 bridgehead atoms. The van der Waals surface area contributed by atoms with Gasteiger partial charge < -0.3 is 20.8 Å². The largest absolute Gasteiger partial charge is 0.477 e. The lowest BCUT2D eigenvalue weighted by Crippen LogP contribution is -2.61. The summed E-state index contributed by atoms with van der Waals surface area (Å²) in [6.45, 7) is 3.50. The number of aliphatic hydroxyl groups is 1. The number of nitrogens with two attached hydrogens (primary N) is 1. The van der Waals surface area contributed by atoms with E-state index < -0.39 is 23.9 Å².